The van der Waals surface area contributed by atoms with Crippen LogP contribution in [0.3, 0.4) is 0 Å². The number of pyridine rings is 1. The lowest BCUT2D eigenvalue weighted by Gasteiger charge is -2.01. The predicted molar refractivity (Wildman–Crippen MR) is 80.9 cm³/mol. The Balaban J connectivity index is 2.00. The Labute approximate surface area is 120 Å². The van der Waals surface area contributed by atoms with E-state index in [2.05, 4.69) is 28.5 Å². The Bertz CT molecular complexity index is 910. The average Bonchev–Trinajstić information content (AvgIpc) is 2.88. The molecule has 4 rings (SSSR count). The zero-order chi connectivity index (χ0) is 13.5. The van der Waals surface area contributed by atoms with Crippen molar-refractivity contribution < 1.29 is 0 Å². The van der Waals surface area contributed by atoms with Crippen LogP contribution >= 0.6 is 11.6 Å². The first-order chi connectivity index (χ1) is 9.81. The van der Waals surface area contributed by atoms with Crippen LogP contribution in [0, 0.1) is 0 Å². The van der Waals surface area contributed by atoms with Crippen molar-refractivity contribution in [1.82, 2.24) is 14.8 Å². The molecule has 0 bridgehead atoms. The van der Waals surface area contributed by atoms with Crippen molar-refractivity contribution in [2.75, 3.05) is 0 Å². The van der Waals surface area contributed by atoms with Crippen molar-refractivity contribution in [2.24, 2.45) is 0 Å². The summed E-state index contributed by atoms with van der Waals surface area (Å²) in [7, 11) is 0. The van der Waals surface area contributed by atoms with Crippen LogP contribution in [0.4, 0.5) is 0 Å². The van der Waals surface area contributed by atoms with Gasteiger partial charge in [0.15, 0.2) is 0 Å². The molecule has 2 aromatic heterocycles. The van der Waals surface area contributed by atoms with Crippen molar-refractivity contribution in [3.05, 3.63) is 65.8 Å². The minimum Gasteiger partial charge on any atom is -0.219 e. The fraction of sp³-hybridized carbons (Fsp3) is 0. The molecule has 0 aliphatic carbocycles. The zero-order valence-corrected chi connectivity index (χ0v) is 11.2. The molecule has 0 radical (unpaired) electrons. The first kappa shape index (κ1) is 11.4. The Kier molecular flexibility index (Phi) is 2.47. The lowest BCUT2D eigenvalue weighted by Crippen LogP contribution is -1.87. The third-order valence-electron chi connectivity index (χ3n) is 3.40. The van der Waals surface area contributed by atoms with Crippen molar-refractivity contribution in [1.29, 1.82) is 0 Å². The molecular weight excluding hydrogens is 270 g/mol. The number of aromatic nitrogens is 3. The molecule has 0 aliphatic rings. The fourth-order valence-electron chi connectivity index (χ4n) is 2.38. The molecule has 4 heteroatoms. The van der Waals surface area contributed by atoms with E-state index in [0.717, 1.165) is 27.2 Å². The lowest BCUT2D eigenvalue weighted by atomic mass is 10.1. The normalized spacial score (nSPS) is 11.2. The number of nitrogens with zero attached hydrogens (tertiary/aromatic N) is 3. The molecular formula is C16H10ClN3. The van der Waals surface area contributed by atoms with E-state index in [1.165, 1.54) is 5.39 Å². The summed E-state index contributed by atoms with van der Waals surface area (Å²) < 4.78 is 1.81. The average molecular weight is 280 g/mol. The smallest absolute Gasteiger partial charge is 0.120 e. The van der Waals surface area contributed by atoms with Gasteiger partial charge in [-0.15, -0.1) is 5.10 Å². The molecule has 0 aliphatic heterocycles. The molecule has 2 aromatic carbocycles. The second-order valence-electron chi connectivity index (χ2n) is 4.68. The lowest BCUT2D eigenvalue weighted by molar-refractivity contribution is 0.861. The van der Waals surface area contributed by atoms with Gasteiger partial charge in [-0.2, -0.15) is 0 Å². The summed E-state index contributed by atoms with van der Waals surface area (Å²) in [5, 5.41) is 11.5. The first-order valence-electron chi connectivity index (χ1n) is 6.31. The van der Waals surface area contributed by atoms with Gasteiger partial charge < -0.3 is 0 Å². The fourth-order valence-corrected chi connectivity index (χ4v) is 2.51. The molecule has 0 N–H and O–H groups in total. The zero-order valence-electron chi connectivity index (χ0n) is 10.5. The van der Waals surface area contributed by atoms with Gasteiger partial charge in [0.25, 0.3) is 0 Å². The molecule has 0 saturated heterocycles. The minimum atomic E-state index is 0.718. The van der Waals surface area contributed by atoms with Crippen molar-refractivity contribution in [2.45, 2.75) is 0 Å². The molecule has 20 heavy (non-hydrogen) atoms. The van der Waals surface area contributed by atoms with Crippen LogP contribution in [-0.2, 0) is 0 Å². The van der Waals surface area contributed by atoms with E-state index in [9.17, 15) is 0 Å². The molecule has 96 valence electrons. The Morgan fingerprint density at radius 3 is 2.45 bits per heavy atom. The summed E-state index contributed by atoms with van der Waals surface area (Å²) in [6.45, 7) is 0. The molecule has 0 unspecified atom stereocenters. The number of halogens is 1. The van der Waals surface area contributed by atoms with Gasteiger partial charge in [0.2, 0.25) is 0 Å². The summed E-state index contributed by atoms with van der Waals surface area (Å²) in [6, 6.07) is 18.0. The molecule has 0 amide bonds. The van der Waals surface area contributed by atoms with E-state index < -0.39 is 0 Å². The highest BCUT2D eigenvalue weighted by Crippen LogP contribution is 2.26. The van der Waals surface area contributed by atoms with Crippen molar-refractivity contribution >= 4 is 27.9 Å². The number of fused-ring (bicyclic) bond motifs is 2. The van der Waals surface area contributed by atoms with E-state index in [1.807, 2.05) is 47.1 Å². The second-order valence-corrected chi connectivity index (χ2v) is 5.11. The quantitative estimate of drug-likeness (QED) is 0.523. The summed E-state index contributed by atoms with van der Waals surface area (Å²) in [5.41, 5.74) is 2.87. The van der Waals surface area contributed by atoms with E-state index in [-0.39, 0.29) is 0 Å². The molecule has 0 atom stereocenters. The highest BCUT2D eigenvalue weighted by molar-refractivity contribution is 6.30. The van der Waals surface area contributed by atoms with Gasteiger partial charge in [0.05, 0.1) is 5.52 Å². The second kappa shape index (κ2) is 4.32. The summed E-state index contributed by atoms with van der Waals surface area (Å²) >= 11 is 5.93. The largest absolute Gasteiger partial charge is 0.219 e. The van der Waals surface area contributed by atoms with Crippen LogP contribution in [0.5, 0.6) is 0 Å². The Hall–Kier alpha value is -2.39. The Morgan fingerprint density at radius 1 is 0.900 bits per heavy atom. The van der Waals surface area contributed by atoms with Gasteiger partial charge >= 0.3 is 0 Å². The number of rotatable bonds is 1. The maximum Gasteiger partial charge on any atom is 0.120 e. The van der Waals surface area contributed by atoms with Crippen LogP contribution in [0.25, 0.3) is 27.5 Å². The first-order valence-corrected chi connectivity index (χ1v) is 6.69. The standard InChI is InChI=1S/C16H10ClN3/c17-14-7-5-11(6-8-14)16-15-9-12-3-1-2-4-13(12)10-20(15)19-18-16/h1-10H. The highest BCUT2D eigenvalue weighted by Gasteiger charge is 2.09. The van der Waals surface area contributed by atoms with Crippen LogP contribution in [0.1, 0.15) is 0 Å². The van der Waals surface area contributed by atoms with Gasteiger partial charge in [-0.05, 0) is 23.6 Å². The number of hydrogen-bond donors (Lipinski definition) is 0. The Morgan fingerprint density at radius 2 is 1.65 bits per heavy atom. The van der Waals surface area contributed by atoms with Gasteiger partial charge in [-0.3, -0.25) is 0 Å². The molecule has 2 heterocycles. The molecule has 0 saturated carbocycles. The van der Waals surface area contributed by atoms with E-state index in [4.69, 9.17) is 11.6 Å². The molecule has 3 nitrogen and oxygen atoms in total. The monoisotopic (exact) mass is 279 g/mol. The highest BCUT2D eigenvalue weighted by atomic mass is 35.5. The van der Waals surface area contributed by atoms with Gasteiger partial charge in [0.1, 0.15) is 5.69 Å². The summed E-state index contributed by atoms with van der Waals surface area (Å²) in [6.07, 6.45) is 2.00. The predicted octanol–water partition coefficient (Wildman–Crippen LogP) is 4.20. The summed E-state index contributed by atoms with van der Waals surface area (Å²) in [4.78, 5) is 0. The van der Waals surface area contributed by atoms with Crippen molar-refractivity contribution in [3.63, 3.8) is 0 Å². The van der Waals surface area contributed by atoms with Crippen LogP contribution in [0.2, 0.25) is 5.02 Å². The number of hydrogen-bond acceptors (Lipinski definition) is 2. The minimum absolute atomic E-state index is 0.718. The van der Waals surface area contributed by atoms with Crippen LogP contribution in [0.15, 0.2) is 60.8 Å². The molecule has 0 fully saturated rings. The molecule has 0 spiro atoms. The topological polar surface area (TPSA) is 30.2 Å². The maximum atomic E-state index is 5.93. The summed E-state index contributed by atoms with van der Waals surface area (Å²) in [5.74, 6) is 0. The van der Waals surface area contributed by atoms with Crippen LogP contribution < -0.4 is 0 Å². The van der Waals surface area contributed by atoms with E-state index >= 15 is 0 Å². The van der Waals surface area contributed by atoms with Crippen molar-refractivity contribution in [3.8, 4) is 11.3 Å². The third kappa shape index (κ3) is 1.75. The van der Waals surface area contributed by atoms with E-state index in [1.54, 1.807) is 0 Å². The molecule has 4 aromatic rings. The van der Waals surface area contributed by atoms with Crippen LogP contribution in [-0.4, -0.2) is 14.8 Å². The SMILES string of the molecule is Clc1ccc(-c2nnn3cc4ccccc4cc23)cc1. The van der Waals surface area contributed by atoms with Gasteiger partial charge in [-0.1, -0.05) is 53.2 Å². The number of benzene rings is 2. The third-order valence-corrected chi connectivity index (χ3v) is 3.65. The van der Waals surface area contributed by atoms with Gasteiger partial charge in [-0.25, -0.2) is 4.52 Å². The van der Waals surface area contributed by atoms with Gasteiger partial charge in [0, 0.05) is 22.2 Å². The maximum absolute atomic E-state index is 5.93. The van der Waals surface area contributed by atoms with E-state index in [0.29, 0.717) is 0 Å².